The molecule has 0 aromatic heterocycles. The number of benzene rings is 4. The van der Waals surface area contributed by atoms with E-state index in [2.05, 4.69) is 42.3 Å². The van der Waals surface area contributed by atoms with Gasteiger partial charge in [-0.2, -0.15) is 0 Å². The van der Waals surface area contributed by atoms with Gasteiger partial charge in [0.1, 0.15) is 0 Å². The summed E-state index contributed by atoms with van der Waals surface area (Å²) in [5.74, 6) is -0.522. The summed E-state index contributed by atoms with van der Waals surface area (Å²) in [4.78, 5) is 28.3. The van der Waals surface area contributed by atoms with Crippen molar-refractivity contribution in [3.63, 3.8) is 0 Å². The van der Waals surface area contributed by atoms with Gasteiger partial charge in [0.2, 0.25) is 0 Å². The van der Waals surface area contributed by atoms with Crippen molar-refractivity contribution < 1.29 is 9.59 Å². The van der Waals surface area contributed by atoms with Crippen molar-refractivity contribution in [1.82, 2.24) is 0 Å². The smallest absolute Gasteiger partial charge is 0.197 e. The Morgan fingerprint density at radius 1 is 0.571 bits per heavy atom. The van der Waals surface area contributed by atoms with E-state index in [4.69, 9.17) is 0 Å². The van der Waals surface area contributed by atoms with Gasteiger partial charge in [0.05, 0.1) is 5.57 Å². The topological polar surface area (TPSA) is 37.4 Å². The zero-order chi connectivity index (χ0) is 24.4. The summed E-state index contributed by atoms with van der Waals surface area (Å²) in [7, 11) is 0. The molecule has 0 saturated carbocycles. The SMILES string of the molecule is C=Cc1cc2c(cc1C=C)C(=O)C(=Cc1ccc(N(c3ccccc3)c3ccccc3)cc1)C2=O. The molecular weight excluding hydrogens is 430 g/mol. The standard InChI is InChI=1S/C32H23NO2/c1-3-23-20-28-29(21-24(23)4-2)32(35)30(31(28)34)19-22-15-17-27(18-16-22)33(25-11-7-5-8-12-25)26-13-9-6-10-14-26/h3-21H,1-2H2. The van der Waals surface area contributed by atoms with Crippen LogP contribution in [0, 0.1) is 0 Å². The van der Waals surface area contributed by atoms with Gasteiger partial charge in [-0.05, 0) is 71.3 Å². The number of hydrogen-bond acceptors (Lipinski definition) is 3. The number of anilines is 3. The van der Waals surface area contributed by atoms with Crippen LogP contribution in [0.5, 0.6) is 0 Å². The van der Waals surface area contributed by atoms with Crippen molar-refractivity contribution in [3.05, 3.63) is 144 Å². The van der Waals surface area contributed by atoms with E-state index in [1.165, 1.54) is 0 Å². The van der Waals surface area contributed by atoms with Gasteiger partial charge in [0, 0.05) is 28.2 Å². The van der Waals surface area contributed by atoms with Crippen LogP contribution in [0.15, 0.2) is 116 Å². The maximum absolute atomic E-state index is 13.1. The van der Waals surface area contributed by atoms with Crippen LogP contribution in [0.2, 0.25) is 0 Å². The summed E-state index contributed by atoms with van der Waals surface area (Å²) in [5.41, 5.74) is 6.41. The number of allylic oxidation sites excluding steroid dienone is 1. The molecule has 0 unspecified atom stereocenters. The molecule has 0 bridgehead atoms. The molecule has 3 nitrogen and oxygen atoms in total. The van der Waals surface area contributed by atoms with E-state index in [1.54, 1.807) is 30.4 Å². The molecule has 0 N–H and O–H groups in total. The monoisotopic (exact) mass is 453 g/mol. The third-order valence-electron chi connectivity index (χ3n) is 6.13. The number of nitrogens with zero attached hydrogens (tertiary/aromatic N) is 1. The predicted octanol–water partition coefficient (Wildman–Crippen LogP) is 7.91. The van der Waals surface area contributed by atoms with E-state index in [1.807, 2.05) is 60.7 Å². The average Bonchev–Trinajstić information content (AvgIpc) is 3.14. The minimum absolute atomic E-state index is 0.173. The Hall–Kier alpha value is -4.76. The zero-order valence-electron chi connectivity index (χ0n) is 19.1. The molecule has 4 aromatic rings. The first-order chi connectivity index (χ1) is 17.1. The summed E-state index contributed by atoms with van der Waals surface area (Å²) in [5, 5.41) is 0. The Bertz CT molecular complexity index is 1390. The highest BCUT2D eigenvalue weighted by Crippen LogP contribution is 2.35. The number of ketones is 2. The molecule has 0 fully saturated rings. The molecule has 5 rings (SSSR count). The van der Waals surface area contributed by atoms with Gasteiger partial charge >= 0.3 is 0 Å². The molecule has 0 atom stereocenters. The number of rotatable bonds is 6. The minimum Gasteiger partial charge on any atom is -0.311 e. The lowest BCUT2D eigenvalue weighted by Crippen LogP contribution is -2.09. The molecule has 35 heavy (non-hydrogen) atoms. The van der Waals surface area contributed by atoms with Gasteiger partial charge in [-0.1, -0.05) is 73.8 Å². The van der Waals surface area contributed by atoms with Crippen LogP contribution in [0.1, 0.15) is 37.4 Å². The minimum atomic E-state index is -0.261. The molecule has 0 aliphatic heterocycles. The van der Waals surface area contributed by atoms with Crippen molar-refractivity contribution >= 4 is 46.9 Å². The molecule has 168 valence electrons. The quantitative estimate of drug-likeness (QED) is 0.220. The van der Waals surface area contributed by atoms with Gasteiger partial charge in [0.25, 0.3) is 0 Å². The Morgan fingerprint density at radius 3 is 1.43 bits per heavy atom. The fourth-order valence-electron chi connectivity index (χ4n) is 4.37. The van der Waals surface area contributed by atoms with Crippen molar-refractivity contribution in [3.8, 4) is 0 Å². The summed E-state index contributed by atoms with van der Waals surface area (Å²) >= 11 is 0. The van der Waals surface area contributed by atoms with Crippen LogP contribution < -0.4 is 4.90 Å². The van der Waals surface area contributed by atoms with Crippen LogP contribution in [-0.4, -0.2) is 11.6 Å². The zero-order valence-corrected chi connectivity index (χ0v) is 19.1. The van der Waals surface area contributed by atoms with Crippen LogP contribution in [0.3, 0.4) is 0 Å². The number of para-hydroxylation sites is 2. The van der Waals surface area contributed by atoms with Gasteiger partial charge in [0.15, 0.2) is 11.6 Å². The lowest BCUT2D eigenvalue weighted by atomic mass is 9.99. The number of fused-ring (bicyclic) bond motifs is 1. The summed E-state index contributed by atoms with van der Waals surface area (Å²) in [6.45, 7) is 7.60. The molecule has 0 amide bonds. The summed E-state index contributed by atoms with van der Waals surface area (Å²) in [6.07, 6.45) is 5.01. The third-order valence-corrected chi connectivity index (χ3v) is 6.13. The number of carbonyl (C=O) groups excluding carboxylic acids is 2. The molecule has 0 heterocycles. The largest absolute Gasteiger partial charge is 0.311 e. The maximum atomic E-state index is 13.1. The van der Waals surface area contributed by atoms with Crippen LogP contribution in [0.4, 0.5) is 17.1 Å². The normalized spacial score (nSPS) is 12.3. The highest BCUT2D eigenvalue weighted by molar-refractivity contribution is 6.41. The van der Waals surface area contributed by atoms with Crippen LogP contribution in [-0.2, 0) is 0 Å². The Balaban J connectivity index is 1.50. The maximum Gasteiger partial charge on any atom is 0.197 e. The Labute approximate surface area is 205 Å². The van der Waals surface area contributed by atoms with Crippen molar-refractivity contribution in [1.29, 1.82) is 0 Å². The highest BCUT2D eigenvalue weighted by atomic mass is 16.2. The van der Waals surface area contributed by atoms with Crippen molar-refractivity contribution in [2.75, 3.05) is 4.90 Å². The molecule has 0 radical (unpaired) electrons. The highest BCUT2D eigenvalue weighted by Gasteiger charge is 2.33. The van der Waals surface area contributed by atoms with E-state index in [0.29, 0.717) is 11.1 Å². The number of hydrogen-bond donors (Lipinski definition) is 0. The van der Waals surface area contributed by atoms with E-state index < -0.39 is 0 Å². The van der Waals surface area contributed by atoms with Gasteiger partial charge in [-0.25, -0.2) is 0 Å². The Kier molecular flexibility index (Phi) is 5.82. The number of carbonyl (C=O) groups is 2. The lowest BCUT2D eigenvalue weighted by Gasteiger charge is -2.25. The fraction of sp³-hybridized carbons (Fsp3) is 0. The second-order valence-corrected chi connectivity index (χ2v) is 8.25. The molecule has 3 heteroatoms. The van der Waals surface area contributed by atoms with Gasteiger partial charge in [-0.3, -0.25) is 9.59 Å². The molecule has 4 aromatic carbocycles. The summed E-state index contributed by atoms with van der Waals surface area (Å²) < 4.78 is 0. The van der Waals surface area contributed by atoms with E-state index >= 15 is 0 Å². The third kappa shape index (κ3) is 4.04. The van der Waals surface area contributed by atoms with E-state index in [0.717, 1.165) is 33.8 Å². The number of Topliss-reactive ketones (excluding diaryl/α,β-unsaturated/α-hetero) is 2. The molecule has 0 spiro atoms. The van der Waals surface area contributed by atoms with E-state index in [9.17, 15) is 9.59 Å². The first kappa shape index (κ1) is 22.1. The van der Waals surface area contributed by atoms with Crippen LogP contribution >= 0.6 is 0 Å². The second kappa shape index (κ2) is 9.24. The van der Waals surface area contributed by atoms with E-state index in [-0.39, 0.29) is 17.1 Å². The van der Waals surface area contributed by atoms with Crippen molar-refractivity contribution in [2.45, 2.75) is 0 Å². The Morgan fingerprint density at radius 2 is 1.00 bits per heavy atom. The molecule has 0 saturated heterocycles. The van der Waals surface area contributed by atoms with Crippen LogP contribution in [0.25, 0.3) is 18.2 Å². The van der Waals surface area contributed by atoms with Gasteiger partial charge < -0.3 is 4.90 Å². The molecule has 1 aliphatic carbocycles. The first-order valence-corrected chi connectivity index (χ1v) is 11.3. The van der Waals surface area contributed by atoms with Gasteiger partial charge in [-0.15, -0.1) is 0 Å². The fourth-order valence-corrected chi connectivity index (χ4v) is 4.37. The molecular formula is C32H23NO2. The molecule has 1 aliphatic rings. The second-order valence-electron chi connectivity index (χ2n) is 8.25. The predicted molar refractivity (Wildman–Crippen MR) is 144 cm³/mol. The van der Waals surface area contributed by atoms with Crippen molar-refractivity contribution in [2.24, 2.45) is 0 Å². The first-order valence-electron chi connectivity index (χ1n) is 11.3. The summed E-state index contributed by atoms with van der Waals surface area (Å²) in [6, 6.07) is 31.5. The lowest BCUT2D eigenvalue weighted by molar-refractivity contribution is 0.0990. The average molecular weight is 454 g/mol.